The van der Waals surface area contributed by atoms with Crippen LogP contribution in [0, 0.1) is 0 Å². The SMILES string of the molecule is CCC(=O)Nc1ccc(C(C)=NNC(=O)c2cc(OC)cc(OC)c2)cc1. The van der Waals surface area contributed by atoms with Gasteiger partial charge in [-0.05, 0) is 36.8 Å². The van der Waals surface area contributed by atoms with Crippen LogP contribution in [0.1, 0.15) is 36.2 Å². The topological polar surface area (TPSA) is 89.0 Å². The summed E-state index contributed by atoms with van der Waals surface area (Å²) in [6, 6.07) is 12.1. The maximum atomic E-state index is 12.3. The molecule has 7 heteroatoms. The van der Waals surface area contributed by atoms with Crippen LogP contribution in [0.15, 0.2) is 47.6 Å². The van der Waals surface area contributed by atoms with Gasteiger partial charge < -0.3 is 14.8 Å². The summed E-state index contributed by atoms with van der Waals surface area (Å²) in [6.45, 7) is 3.58. The largest absolute Gasteiger partial charge is 0.497 e. The van der Waals surface area contributed by atoms with Gasteiger partial charge in [-0.3, -0.25) is 9.59 Å². The number of hydrogen-bond donors (Lipinski definition) is 2. The molecule has 0 unspecified atom stereocenters. The lowest BCUT2D eigenvalue weighted by Crippen LogP contribution is -2.19. The Morgan fingerprint density at radius 1 is 0.963 bits per heavy atom. The van der Waals surface area contributed by atoms with Crippen molar-refractivity contribution in [2.24, 2.45) is 5.10 Å². The van der Waals surface area contributed by atoms with E-state index in [9.17, 15) is 9.59 Å². The molecular formula is C20H23N3O4. The van der Waals surface area contributed by atoms with Crippen LogP contribution in [0.25, 0.3) is 0 Å². The molecule has 2 aromatic rings. The molecule has 0 fully saturated rings. The first-order valence-electron chi connectivity index (χ1n) is 8.44. The van der Waals surface area contributed by atoms with Crippen molar-refractivity contribution in [2.75, 3.05) is 19.5 Å². The summed E-state index contributed by atoms with van der Waals surface area (Å²) in [6.07, 6.45) is 0.420. The molecule has 0 aliphatic heterocycles. The maximum absolute atomic E-state index is 12.3. The van der Waals surface area contributed by atoms with Gasteiger partial charge in [0.2, 0.25) is 5.91 Å². The molecule has 0 saturated carbocycles. The van der Waals surface area contributed by atoms with Gasteiger partial charge in [-0.25, -0.2) is 5.43 Å². The standard InChI is InChI=1S/C20H23N3O4/c1-5-19(24)21-16-8-6-14(7-9-16)13(2)22-23-20(25)15-10-17(26-3)12-18(11-15)27-4/h6-12H,5H2,1-4H3,(H,21,24)(H,23,25). The molecule has 0 atom stereocenters. The van der Waals surface area contributed by atoms with Crippen LogP contribution in [0.4, 0.5) is 5.69 Å². The average Bonchev–Trinajstić information content (AvgIpc) is 2.71. The summed E-state index contributed by atoms with van der Waals surface area (Å²) in [5.74, 6) is 0.613. The minimum atomic E-state index is -0.377. The number of ether oxygens (including phenoxy) is 2. The highest BCUT2D eigenvalue weighted by Gasteiger charge is 2.10. The fraction of sp³-hybridized carbons (Fsp3) is 0.250. The highest BCUT2D eigenvalue weighted by molar-refractivity contribution is 6.01. The third-order valence-corrected chi connectivity index (χ3v) is 3.85. The van der Waals surface area contributed by atoms with E-state index in [1.165, 1.54) is 14.2 Å². The van der Waals surface area contributed by atoms with Crippen LogP contribution in [0.2, 0.25) is 0 Å². The molecule has 0 aliphatic carbocycles. The number of hydrazone groups is 1. The Balaban J connectivity index is 2.08. The third-order valence-electron chi connectivity index (χ3n) is 3.85. The van der Waals surface area contributed by atoms with Crippen molar-refractivity contribution >= 4 is 23.2 Å². The van der Waals surface area contributed by atoms with E-state index in [-0.39, 0.29) is 11.8 Å². The molecule has 0 radical (unpaired) electrons. The van der Waals surface area contributed by atoms with Gasteiger partial charge >= 0.3 is 0 Å². The second-order valence-corrected chi connectivity index (χ2v) is 5.72. The Morgan fingerprint density at radius 2 is 1.56 bits per heavy atom. The van der Waals surface area contributed by atoms with Gasteiger partial charge in [-0.2, -0.15) is 5.10 Å². The van der Waals surface area contributed by atoms with Crippen molar-refractivity contribution < 1.29 is 19.1 Å². The van der Waals surface area contributed by atoms with Crippen LogP contribution >= 0.6 is 0 Å². The highest BCUT2D eigenvalue weighted by atomic mass is 16.5. The Morgan fingerprint density at radius 3 is 2.07 bits per heavy atom. The Labute approximate surface area is 158 Å². The fourth-order valence-electron chi connectivity index (χ4n) is 2.25. The summed E-state index contributed by atoms with van der Waals surface area (Å²) in [5, 5.41) is 6.92. The number of methoxy groups -OCH3 is 2. The predicted octanol–water partition coefficient (Wildman–Crippen LogP) is 3.21. The van der Waals surface area contributed by atoms with Crippen molar-refractivity contribution in [1.29, 1.82) is 0 Å². The molecule has 142 valence electrons. The van der Waals surface area contributed by atoms with Gasteiger partial charge in [0.1, 0.15) is 11.5 Å². The quantitative estimate of drug-likeness (QED) is 0.579. The van der Waals surface area contributed by atoms with E-state index in [1.807, 2.05) is 12.1 Å². The smallest absolute Gasteiger partial charge is 0.271 e. The van der Waals surface area contributed by atoms with E-state index in [1.54, 1.807) is 44.2 Å². The normalized spacial score (nSPS) is 10.9. The number of carbonyl (C=O) groups is 2. The lowest BCUT2D eigenvalue weighted by Gasteiger charge is -2.08. The summed E-state index contributed by atoms with van der Waals surface area (Å²) in [4.78, 5) is 23.8. The number of hydrogen-bond acceptors (Lipinski definition) is 5. The molecule has 0 saturated heterocycles. The molecule has 2 rings (SSSR count). The Hall–Kier alpha value is -3.35. The van der Waals surface area contributed by atoms with Crippen LogP contribution in [-0.2, 0) is 4.79 Å². The van der Waals surface area contributed by atoms with Gasteiger partial charge in [-0.1, -0.05) is 19.1 Å². The number of amides is 2. The van der Waals surface area contributed by atoms with Crippen molar-refractivity contribution in [2.45, 2.75) is 20.3 Å². The zero-order valence-corrected chi connectivity index (χ0v) is 15.8. The average molecular weight is 369 g/mol. The summed E-state index contributed by atoms with van der Waals surface area (Å²) in [7, 11) is 3.04. The molecular weight excluding hydrogens is 346 g/mol. The molecule has 7 nitrogen and oxygen atoms in total. The number of anilines is 1. The predicted molar refractivity (Wildman–Crippen MR) is 105 cm³/mol. The Kier molecular flexibility index (Phi) is 6.93. The lowest BCUT2D eigenvalue weighted by atomic mass is 10.1. The van der Waals surface area contributed by atoms with E-state index in [0.717, 1.165) is 5.56 Å². The lowest BCUT2D eigenvalue weighted by molar-refractivity contribution is -0.115. The van der Waals surface area contributed by atoms with Gasteiger partial charge in [0.25, 0.3) is 5.91 Å². The second kappa shape index (κ2) is 9.38. The third kappa shape index (κ3) is 5.57. The van der Waals surface area contributed by atoms with E-state index >= 15 is 0 Å². The minimum Gasteiger partial charge on any atom is -0.497 e. The number of rotatable bonds is 7. The van der Waals surface area contributed by atoms with E-state index in [0.29, 0.717) is 34.9 Å². The number of nitrogens with zero attached hydrogens (tertiary/aromatic N) is 1. The van der Waals surface area contributed by atoms with Crippen LogP contribution in [-0.4, -0.2) is 31.7 Å². The molecule has 0 spiro atoms. The number of benzene rings is 2. The molecule has 0 bridgehead atoms. The summed E-state index contributed by atoms with van der Waals surface area (Å²) >= 11 is 0. The summed E-state index contributed by atoms with van der Waals surface area (Å²) < 4.78 is 10.3. The first-order chi connectivity index (χ1) is 13.0. The molecule has 2 amide bonds. The van der Waals surface area contributed by atoms with Gasteiger partial charge in [0, 0.05) is 23.7 Å². The zero-order valence-electron chi connectivity index (χ0n) is 15.8. The molecule has 27 heavy (non-hydrogen) atoms. The number of carbonyl (C=O) groups excluding carboxylic acids is 2. The number of nitrogens with one attached hydrogen (secondary N) is 2. The van der Waals surface area contributed by atoms with Crippen molar-refractivity contribution in [3.63, 3.8) is 0 Å². The molecule has 0 heterocycles. The first kappa shape index (κ1) is 20.0. The van der Waals surface area contributed by atoms with E-state index < -0.39 is 0 Å². The van der Waals surface area contributed by atoms with E-state index in [2.05, 4.69) is 15.8 Å². The van der Waals surface area contributed by atoms with Crippen LogP contribution in [0.5, 0.6) is 11.5 Å². The monoisotopic (exact) mass is 369 g/mol. The highest BCUT2D eigenvalue weighted by Crippen LogP contribution is 2.22. The summed E-state index contributed by atoms with van der Waals surface area (Å²) in [5.41, 5.74) is 5.07. The van der Waals surface area contributed by atoms with Gasteiger partial charge in [0.05, 0.1) is 19.9 Å². The Bertz CT molecular complexity index is 823. The molecule has 0 aromatic heterocycles. The molecule has 2 N–H and O–H groups in total. The van der Waals surface area contributed by atoms with Crippen LogP contribution in [0.3, 0.4) is 0 Å². The van der Waals surface area contributed by atoms with Crippen molar-refractivity contribution in [3.05, 3.63) is 53.6 Å². The zero-order chi connectivity index (χ0) is 19.8. The van der Waals surface area contributed by atoms with E-state index in [4.69, 9.17) is 9.47 Å². The maximum Gasteiger partial charge on any atom is 0.271 e. The van der Waals surface area contributed by atoms with Crippen LogP contribution < -0.4 is 20.2 Å². The van der Waals surface area contributed by atoms with Gasteiger partial charge in [-0.15, -0.1) is 0 Å². The van der Waals surface area contributed by atoms with Gasteiger partial charge in [0.15, 0.2) is 0 Å². The minimum absolute atomic E-state index is 0.0471. The van der Waals surface area contributed by atoms with Crippen molar-refractivity contribution in [1.82, 2.24) is 5.43 Å². The second-order valence-electron chi connectivity index (χ2n) is 5.72. The molecule has 2 aromatic carbocycles. The van der Waals surface area contributed by atoms with Crippen molar-refractivity contribution in [3.8, 4) is 11.5 Å². The molecule has 0 aliphatic rings. The fourth-order valence-corrected chi connectivity index (χ4v) is 2.25. The first-order valence-corrected chi connectivity index (χ1v) is 8.44.